The number of hydrogen-bond acceptors (Lipinski definition) is 4. The molecule has 1 aliphatic rings. The Labute approximate surface area is 128 Å². The predicted molar refractivity (Wildman–Crippen MR) is 86.4 cm³/mol. The normalized spacial score (nSPS) is 17.9. The number of aromatic hydroxyl groups is 1. The number of phenols is 1. The zero-order valence-electron chi connectivity index (χ0n) is 9.51. The third-order valence-corrected chi connectivity index (χ3v) is 4.51. The van der Waals surface area contributed by atoms with Gasteiger partial charge in [0.05, 0.1) is 4.91 Å². The summed E-state index contributed by atoms with van der Waals surface area (Å²) >= 11 is 8.56. The highest BCUT2D eigenvalue weighted by atomic mass is 127. The van der Waals surface area contributed by atoms with Gasteiger partial charge in [-0.3, -0.25) is 9.69 Å². The second kappa shape index (κ2) is 5.58. The lowest BCUT2D eigenvalue weighted by Crippen LogP contribution is -2.27. The van der Waals surface area contributed by atoms with E-state index in [-0.39, 0.29) is 11.7 Å². The van der Waals surface area contributed by atoms with Crippen molar-refractivity contribution in [2.45, 2.75) is 6.92 Å². The highest BCUT2D eigenvalue weighted by Crippen LogP contribution is 2.34. The number of thiocarbonyl (C=S) groups is 1. The van der Waals surface area contributed by atoms with E-state index in [4.69, 9.17) is 12.2 Å². The van der Waals surface area contributed by atoms with E-state index in [1.54, 1.807) is 17.0 Å². The van der Waals surface area contributed by atoms with Crippen molar-refractivity contribution in [1.82, 2.24) is 4.90 Å². The maximum absolute atomic E-state index is 12.0. The van der Waals surface area contributed by atoms with E-state index >= 15 is 0 Å². The minimum Gasteiger partial charge on any atom is -0.507 e. The third-order valence-electron chi connectivity index (χ3n) is 2.47. The summed E-state index contributed by atoms with van der Waals surface area (Å²) in [7, 11) is 0. The molecular weight excluding hydrogens is 381 g/mol. The number of nitrogens with zero attached hydrogens (tertiary/aromatic N) is 1. The van der Waals surface area contributed by atoms with E-state index in [9.17, 15) is 9.90 Å². The molecule has 94 valence electrons. The topological polar surface area (TPSA) is 40.5 Å². The van der Waals surface area contributed by atoms with Gasteiger partial charge in [-0.15, -0.1) is 0 Å². The molecule has 1 amide bonds. The minimum absolute atomic E-state index is 0.0919. The lowest BCUT2D eigenvalue weighted by Gasteiger charge is -2.09. The van der Waals surface area contributed by atoms with E-state index in [1.807, 2.05) is 19.1 Å². The van der Waals surface area contributed by atoms with E-state index < -0.39 is 0 Å². The van der Waals surface area contributed by atoms with Crippen LogP contribution in [0.15, 0.2) is 23.1 Å². The second-order valence-electron chi connectivity index (χ2n) is 3.63. The smallest absolute Gasteiger partial charge is 0.266 e. The molecule has 0 bridgehead atoms. The van der Waals surface area contributed by atoms with Gasteiger partial charge >= 0.3 is 0 Å². The average Bonchev–Trinajstić information content (AvgIpc) is 2.59. The summed E-state index contributed by atoms with van der Waals surface area (Å²) in [6.45, 7) is 2.46. The Morgan fingerprint density at radius 3 is 2.89 bits per heavy atom. The van der Waals surface area contributed by atoms with Gasteiger partial charge in [0.1, 0.15) is 10.1 Å². The van der Waals surface area contributed by atoms with Crippen molar-refractivity contribution in [2.24, 2.45) is 0 Å². The van der Waals surface area contributed by atoms with Gasteiger partial charge < -0.3 is 5.11 Å². The van der Waals surface area contributed by atoms with Crippen LogP contribution in [0.25, 0.3) is 6.08 Å². The summed E-state index contributed by atoms with van der Waals surface area (Å²) in [6, 6.07) is 5.26. The number of halogens is 1. The molecule has 0 unspecified atom stereocenters. The Bertz CT molecular complexity index is 557. The van der Waals surface area contributed by atoms with Gasteiger partial charge in [0.2, 0.25) is 0 Å². The van der Waals surface area contributed by atoms with Gasteiger partial charge in [-0.1, -0.05) is 24.0 Å². The van der Waals surface area contributed by atoms with Crippen molar-refractivity contribution >= 4 is 62.9 Å². The first-order chi connectivity index (χ1) is 8.52. The number of thioether (sulfide) groups is 1. The first kappa shape index (κ1) is 13.8. The number of hydrogen-bond donors (Lipinski definition) is 1. The maximum atomic E-state index is 12.0. The van der Waals surface area contributed by atoms with Gasteiger partial charge in [0.25, 0.3) is 5.91 Å². The molecule has 0 saturated carbocycles. The summed E-state index contributed by atoms with van der Waals surface area (Å²) in [5.74, 6) is 0.0722. The predicted octanol–water partition coefficient (Wildman–Crippen LogP) is 3.22. The third kappa shape index (κ3) is 2.70. The zero-order valence-corrected chi connectivity index (χ0v) is 13.3. The average molecular weight is 391 g/mol. The monoisotopic (exact) mass is 391 g/mol. The zero-order chi connectivity index (χ0) is 13.3. The maximum Gasteiger partial charge on any atom is 0.266 e. The Morgan fingerprint density at radius 2 is 2.28 bits per heavy atom. The van der Waals surface area contributed by atoms with Crippen LogP contribution in [0.5, 0.6) is 5.75 Å². The minimum atomic E-state index is -0.0919. The molecule has 1 fully saturated rings. The van der Waals surface area contributed by atoms with Crippen LogP contribution in [0, 0.1) is 3.57 Å². The molecule has 0 spiro atoms. The molecule has 0 radical (unpaired) electrons. The molecule has 0 atom stereocenters. The molecule has 0 aliphatic carbocycles. The molecule has 1 N–H and O–H groups in total. The van der Waals surface area contributed by atoms with Crippen LogP contribution in [0.3, 0.4) is 0 Å². The van der Waals surface area contributed by atoms with Crippen molar-refractivity contribution in [3.63, 3.8) is 0 Å². The molecule has 1 saturated heterocycles. The van der Waals surface area contributed by atoms with E-state index in [0.29, 0.717) is 21.3 Å². The lowest BCUT2D eigenvalue weighted by atomic mass is 10.2. The molecule has 1 aliphatic heterocycles. The summed E-state index contributed by atoms with van der Waals surface area (Å²) in [4.78, 5) is 14.1. The number of rotatable bonds is 2. The highest BCUT2D eigenvalue weighted by Gasteiger charge is 2.30. The molecule has 0 aromatic heterocycles. The number of amides is 1. The van der Waals surface area contributed by atoms with Crippen molar-refractivity contribution in [2.75, 3.05) is 6.54 Å². The fourth-order valence-corrected chi connectivity index (χ4v) is 3.45. The molecular formula is C12H10INO2S2. The van der Waals surface area contributed by atoms with Crippen LogP contribution < -0.4 is 0 Å². The molecule has 18 heavy (non-hydrogen) atoms. The van der Waals surface area contributed by atoms with Crippen molar-refractivity contribution < 1.29 is 9.90 Å². The number of benzene rings is 1. The van der Waals surface area contributed by atoms with Gasteiger partial charge in [-0.2, -0.15) is 0 Å². The fraction of sp³-hybridized carbons (Fsp3) is 0.167. The summed E-state index contributed by atoms with van der Waals surface area (Å²) in [6.07, 6.45) is 1.69. The van der Waals surface area contributed by atoms with Crippen LogP contribution in [0.1, 0.15) is 12.5 Å². The van der Waals surface area contributed by atoms with Gasteiger partial charge in [0, 0.05) is 15.7 Å². The molecule has 2 rings (SSSR count). The van der Waals surface area contributed by atoms with Crippen molar-refractivity contribution in [1.29, 1.82) is 0 Å². The second-order valence-corrected chi connectivity index (χ2v) is 6.55. The number of carbonyl (C=O) groups excluding carboxylic acids is 1. The van der Waals surface area contributed by atoms with Crippen LogP contribution in [-0.2, 0) is 4.79 Å². The van der Waals surface area contributed by atoms with Gasteiger partial charge in [0.15, 0.2) is 0 Å². The molecule has 6 heteroatoms. The standard InChI is InChI=1S/C12H10INO2S2/c1-2-14-11(16)10(18-12(14)17)6-7-5-8(13)3-4-9(7)15/h3-6,15H,2H2,1H3/b10-6+. The first-order valence-corrected chi connectivity index (χ1v) is 7.57. The summed E-state index contributed by atoms with van der Waals surface area (Å²) in [5.41, 5.74) is 0.638. The first-order valence-electron chi connectivity index (χ1n) is 5.27. The Kier molecular flexibility index (Phi) is 4.29. The Hall–Kier alpha value is -0.600. The van der Waals surface area contributed by atoms with Gasteiger partial charge in [-0.25, -0.2) is 0 Å². The Balaban J connectivity index is 2.38. The fourth-order valence-electron chi connectivity index (χ4n) is 1.55. The Morgan fingerprint density at radius 1 is 1.56 bits per heavy atom. The number of carbonyl (C=O) groups is 1. The number of likely N-dealkylation sites (N-methyl/N-ethyl adjacent to an activating group) is 1. The van der Waals surface area contributed by atoms with Crippen molar-refractivity contribution in [3.8, 4) is 5.75 Å². The van der Waals surface area contributed by atoms with E-state index in [2.05, 4.69) is 22.6 Å². The number of phenolic OH excluding ortho intramolecular Hbond substituents is 1. The quantitative estimate of drug-likeness (QED) is 0.478. The SMILES string of the molecule is CCN1C(=O)/C(=C\c2cc(I)ccc2O)SC1=S. The largest absolute Gasteiger partial charge is 0.507 e. The van der Waals surface area contributed by atoms with Crippen molar-refractivity contribution in [3.05, 3.63) is 32.2 Å². The van der Waals surface area contributed by atoms with E-state index in [0.717, 1.165) is 3.57 Å². The summed E-state index contributed by atoms with van der Waals surface area (Å²) < 4.78 is 1.57. The van der Waals surface area contributed by atoms with E-state index in [1.165, 1.54) is 11.8 Å². The molecule has 1 aromatic rings. The summed E-state index contributed by atoms with van der Waals surface area (Å²) in [5, 5.41) is 9.76. The van der Waals surface area contributed by atoms with Gasteiger partial charge in [-0.05, 0) is 53.8 Å². The van der Waals surface area contributed by atoms with Crippen LogP contribution in [0.2, 0.25) is 0 Å². The molecule has 1 heterocycles. The highest BCUT2D eigenvalue weighted by molar-refractivity contribution is 14.1. The van der Waals surface area contributed by atoms with Crippen LogP contribution in [0.4, 0.5) is 0 Å². The molecule has 1 aromatic carbocycles. The van der Waals surface area contributed by atoms with Crippen LogP contribution >= 0.6 is 46.6 Å². The molecule has 3 nitrogen and oxygen atoms in total. The lowest BCUT2D eigenvalue weighted by molar-refractivity contribution is -0.121. The van der Waals surface area contributed by atoms with Crippen LogP contribution in [-0.4, -0.2) is 26.8 Å².